The molecule has 6 nitrogen and oxygen atoms in total. The first-order chi connectivity index (χ1) is 15.5. The molecular formula is C25H26BrN3O3. The monoisotopic (exact) mass is 495 g/mol. The lowest BCUT2D eigenvalue weighted by Gasteiger charge is -2.44. The van der Waals surface area contributed by atoms with Crippen molar-refractivity contribution in [3.8, 4) is 11.5 Å². The number of aromatic nitrogens is 1. The van der Waals surface area contributed by atoms with Crippen LogP contribution in [0.5, 0.6) is 0 Å². The molecule has 1 N–H and O–H groups in total. The largest absolute Gasteiger partial charge is 0.463 e. The number of hydrogen-bond acceptors (Lipinski definition) is 3. The Labute approximate surface area is 195 Å². The predicted molar refractivity (Wildman–Crippen MR) is 125 cm³/mol. The molecule has 0 saturated heterocycles. The molecule has 7 heteroatoms. The number of benzene rings is 1. The van der Waals surface area contributed by atoms with E-state index < -0.39 is 5.54 Å². The molecule has 0 radical (unpaired) electrons. The molecule has 1 saturated carbocycles. The van der Waals surface area contributed by atoms with E-state index in [1.165, 1.54) is 0 Å². The SMILES string of the molecule is CC1(C(=O)NC2CCCC2)Cn2c(ccc2-c2ccco2)C(=O)N1Cc1cccc(Br)c1. The van der Waals surface area contributed by atoms with Crippen molar-refractivity contribution in [2.24, 2.45) is 0 Å². The van der Waals surface area contributed by atoms with Crippen LogP contribution in [0.1, 0.15) is 48.7 Å². The quantitative estimate of drug-likeness (QED) is 0.542. The summed E-state index contributed by atoms with van der Waals surface area (Å²) >= 11 is 3.51. The van der Waals surface area contributed by atoms with Crippen LogP contribution in [-0.2, 0) is 17.9 Å². The molecule has 2 amide bonds. The molecule has 1 aliphatic heterocycles. The van der Waals surface area contributed by atoms with Crippen LogP contribution in [0.3, 0.4) is 0 Å². The fourth-order valence-electron chi connectivity index (χ4n) is 4.89. The van der Waals surface area contributed by atoms with Gasteiger partial charge in [0.25, 0.3) is 5.91 Å². The highest BCUT2D eigenvalue weighted by Gasteiger charge is 2.48. The molecule has 0 bridgehead atoms. The van der Waals surface area contributed by atoms with Crippen LogP contribution in [0.4, 0.5) is 0 Å². The summed E-state index contributed by atoms with van der Waals surface area (Å²) in [6.45, 7) is 2.60. The first-order valence-corrected chi connectivity index (χ1v) is 11.9. The molecule has 1 aromatic carbocycles. The lowest BCUT2D eigenvalue weighted by atomic mass is 9.93. The molecule has 1 aliphatic carbocycles. The summed E-state index contributed by atoms with van der Waals surface area (Å²) in [5.41, 5.74) is 1.31. The van der Waals surface area contributed by atoms with Gasteiger partial charge in [0.1, 0.15) is 17.0 Å². The van der Waals surface area contributed by atoms with E-state index in [9.17, 15) is 9.59 Å². The maximum absolute atomic E-state index is 13.7. The van der Waals surface area contributed by atoms with Crippen LogP contribution in [0.25, 0.3) is 11.5 Å². The molecule has 5 rings (SSSR count). The second-order valence-electron chi connectivity index (χ2n) is 8.92. The number of furan rings is 1. The molecule has 1 unspecified atom stereocenters. The van der Waals surface area contributed by atoms with Gasteiger partial charge in [-0.3, -0.25) is 9.59 Å². The molecule has 32 heavy (non-hydrogen) atoms. The minimum atomic E-state index is -1.03. The summed E-state index contributed by atoms with van der Waals surface area (Å²) < 4.78 is 8.47. The van der Waals surface area contributed by atoms with Gasteiger partial charge in [0.05, 0.1) is 18.5 Å². The molecular weight excluding hydrogens is 470 g/mol. The number of amides is 2. The zero-order valence-corrected chi connectivity index (χ0v) is 19.6. The molecule has 3 heterocycles. The molecule has 166 valence electrons. The van der Waals surface area contributed by atoms with Gasteiger partial charge in [-0.25, -0.2) is 0 Å². The van der Waals surface area contributed by atoms with Crippen LogP contribution in [0.2, 0.25) is 0 Å². The van der Waals surface area contributed by atoms with Gasteiger partial charge in [0.15, 0.2) is 0 Å². The van der Waals surface area contributed by atoms with Crippen LogP contribution < -0.4 is 5.32 Å². The molecule has 3 aromatic rings. The molecule has 0 spiro atoms. The topological polar surface area (TPSA) is 67.5 Å². The van der Waals surface area contributed by atoms with Crippen molar-refractivity contribution in [3.05, 3.63) is 70.5 Å². The van der Waals surface area contributed by atoms with Crippen LogP contribution in [0.15, 0.2) is 63.7 Å². The van der Waals surface area contributed by atoms with Crippen molar-refractivity contribution in [2.45, 2.75) is 57.3 Å². The molecule has 1 atom stereocenters. The summed E-state index contributed by atoms with van der Waals surface area (Å²) in [6.07, 6.45) is 5.87. The smallest absolute Gasteiger partial charge is 0.271 e. The number of nitrogens with zero attached hydrogens (tertiary/aromatic N) is 2. The van der Waals surface area contributed by atoms with Crippen molar-refractivity contribution >= 4 is 27.7 Å². The highest BCUT2D eigenvalue weighted by atomic mass is 79.9. The van der Waals surface area contributed by atoms with Gasteiger partial charge in [-0.05, 0) is 61.7 Å². The lowest BCUT2D eigenvalue weighted by Crippen LogP contribution is -2.64. The second kappa shape index (κ2) is 8.28. The van der Waals surface area contributed by atoms with Gasteiger partial charge >= 0.3 is 0 Å². The Balaban J connectivity index is 1.55. The zero-order valence-electron chi connectivity index (χ0n) is 18.0. The number of nitrogens with one attached hydrogen (secondary N) is 1. The fourth-order valence-corrected chi connectivity index (χ4v) is 5.34. The lowest BCUT2D eigenvalue weighted by molar-refractivity contribution is -0.133. The van der Waals surface area contributed by atoms with Crippen molar-refractivity contribution in [2.75, 3.05) is 0 Å². The molecule has 1 fully saturated rings. The second-order valence-corrected chi connectivity index (χ2v) is 9.83. The van der Waals surface area contributed by atoms with Gasteiger partial charge in [-0.2, -0.15) is 0 Å². The minimum Gasteiger partial charge on any atom is -0.463 e. The van der Waals surface area contributed by atoms with Crippen LogP contribution in [-0.4, -0.2) is 32.9 Å². The maximum Gasteiger partial charge on any atom is 0.271 e. The Morgan fingerprint density at radius 3 is 2.66 bits per heavy atom. The first-order valence-electron chi connectivity index (χ1n) is 11.1. The Bertz CT molecular complexity index is 1150. The Hall–Kier alpha value is -2.80. The minimum absolute atomic E-state index is 0.0995. The van der Waals surface area contributed by atoms with Crippen LogP contribution in [0, 0.1) is 0 Å². The molecule has 2 aliphatic rings. The van der Waals surface area contributed by atoms with Crippen molar-refractivity contribution < 1.29 is 14.0 Å². The standard InChI is InChI=1S/C25H26BrN3O3/c1-25(24(31)27-19-8-2-3-9-19)16-28-20(22-10-5-13-32-22)11-12-21(28)23(30)29(25)15-17-6-4-7-18(26)14-17/h4-7,10-14,19H,2-3,8-9,15-16H2,1H3,(H,27,31). The third-order valence-corrected chi connectivity index (χ3v) is 7.18. The number of fused-ring (bicyclic) bond motifs is 1. The number of hydrogen-bond donors (Lipinski definition) is 1. The number of rotatable bonds is 5. The zero-order chi connectivity index (χ0) is 22.3. The fraction of sp³-hybridized carbons (Fsp3) is 0.360. The van der Waals surface area contributed by atoms with Crippen molar-refractivity contribution in [3.63, 3.8) is 0 Å². The highest BCUT2D eigenvalue weighted by Crippen LogP contribution is 2.35. The van der Waals surface area contributed by atoms with E-state index in [-0.39, 0.29) is 17.9 Å². The third kappa shape index (κ3) is 3.68. The number of halogens is 1. The van der Waals surface area contributed by atoms with E-state index >= 15 is 0 Å². The van der Waals surface area contributed by atoms with E-state index in [2.05, 4.69) is 21.2 Å². The Morgan fingerprint density at radius 1 is 1.16 bits per heavy atom. The average molecular weight is 496 g/mol. The Kier molecular flexibility index (Phi) is 5.45. The first kappa shape index (κ1) is 21.1. The normalized spacial score (nSPS) is 21.1. The summed E-state index contributed by atoms with van der Waals surface area (Å²) in [5.74, 6) is 0.429. The van der Waals surface area contributed by atoms with Gasteiger partial charge in [0.2, 0.25) is 5.91 Å². The number of carbonyl (C=O) groups is 2. The van der Waals surface area contributed by atoms with Gasteiger partial charge in [0, 0.05) is 17.1 Å². The third-order valence-electron chi connectivity index (χ3n) is 6.69. The summed E-state index contributed by atoms with van der Waals surface area (Å²) in [5, 5.41) is 3.24. The van der Waals surface area contributed by atoms with E-state index in [0.717, 1.165) is 41.4 Å². The van der Waals surface area contributed by atoms with E-state index in [0.29, 0.717) is 24.5 Å². The summed E-state index contributed by atoms with van der Waals surface area (Å²) in [7, 11) is 0. The van der Waals surface area contributed by atoms with Crippen molar-refractivity contribution in [1.82, 2.24) is 14.8 Å². The molecule has 2 aromatic heterocycles. The maximum atomic E-state index is 13.7. The number of carbonyl (C=O) groups excluding carboxylic acids is 2. The van der Waals surface area contributed by atoms with E-state index in [1.54, 1.807) is 11.2 Å². The average Bonchev–Trinajstić information content (AvgIpc) is 3.52. The Morgan fingerprint density at radius 2 is 1.94 bits per heavy atom. The van der Waals surface area contributed by atoms with Gasteiger partial charge < -0.3 is 19.2 Å². The summed E-state index contributed by atoms with van der Waals surface area (Å²) in [4.78, 5) is 29.1. The van der Waals surface area contributed by atoms with Crippen LogP contribution >= 0.6 is 15.9 Å². The highest BCUT2D eigenvalue weighted by molar-refractivity contribution is 9.10. The predicted octanol–water partition coefficient (Wildman–Crippen LogP) is 4.98. The van der Waals surface area contributed by atoms with E-state index in [1.807, 2.05) is 60.0 Å². The van der Waals surface area contributed by atoms with E-state index in [4.69, 9.17) is 4.42 Å². The van der Waals surface area contributed by atoms with Crippen molar-refractivity contribution in [1.29, 1.82) is 0 Å². The van der Waals surface area contributed by atoms with Gasteiger partial charge in [-0.1, -0.05) is 40.9 Å². The summed E-state index contributed by atoms with van der Waals surface area (Å²) in [6, 6.07) is 15.5. The van der Waals surface area contributed by atoms with Gasteiger partial charge in [-0.15, -0.1) is 0 Å².